The fraction of sp³-hybridized carbons (Fsp3) is 0.421. The van der Waals surface area contributed by atoms with E-state index >= 15 is 0 Å². The first-order chi connectivity index (χ1) is 12.7. The molecular formula is C19H21F2N3O3. The van der Waals surface area contributed by atoms with Gasteiger partial charge in [0.25, 0.3) is 11.8 Å². The summed E-state index contributed by atoms with van der Waals surface area (Å²) in [6.07, 6.45) is 1.14. The number of amides is 2. The summed E-state index contributed by atoms with van der Waals surface area (Å²) in [4.78, 5) is 29.9. The lowest BCUT2D eigenvalue weighted by Gasteiger charge is -2.16. The zero-order chi connectivity index (χ0) is 19.6. The van der Waals surface area contributed by atoms with Gasteiger partial charge in [-0.2, -0.15) is 0 Å². The van der Waals surface area contributed by atoms with Gasteiger partial charge in [0, 0.05) is 24.5 Å². The van der Waals surface area contributed by atoms with Gasteiger partial charge >= 0.3 is 0 Å². The maximum atomic E-state index is 13.2. The van der Waals surface area contributed by atoms with Crippen molar-refractivity contribution in [2.24, 2.45) is 0 Å². The van der Waals surface area contributed by atoms with Gasteiger partial charge in [0.05, 0.1) is 30.3 Å². The smallest absolute Gasteiger partial charge is 0.267 e. The van der Waals surface area contributed by atoms with Gasteiger partial charge < -0.3 is 15.0 Å². The maximum Gasteiger partial charge on any atom is 0.267 e. The van der Waals surface area contributed by atoms with Crippen LogP contribution in [-0.2, 0) is 4.79 Å². The van der Waals surface area contributed by atoms with Crippen molar-refractivity contribution in [2.45, 2.75) is 32.3 Å². The highest BCUT2D eigenvalue weighted by Gasteiger charge is 2.40. The molecule has 2 heterocycles. The van der Waals surface area contributed by atoms with Gasteiger partial charge in [0.15, 0.2) is 0 Å². The lowest BCUT2D eigenvalue weighted by molar-refractivity contribution is -0.130. The highest BCUT2D eigenvalue weighted by atomic mass is 19.3. The molecule has 0 saturated carbocycles. The summed E-state index contributed by atoms with van der Waals surface area (Å²) in [5, 5.41) is 3.10. The minimum atomic E-state index is -2.85. The molecule has 1 fully saturated rings. The Hall–Kier alpha value is -2.77. The van der Waals surface area contributed by atoms with E-state index in [1.807, 2.05) is 13.8 Å². The van der Waals surface area contributed by atoms with Crippen molar-refractivity contribution in [1.29, 1.82) is 0 Å². The number of nitrogens with one attached hydrogen (secondary N) is 1. The van der Waals surface area contributed by atoms with Crippen LogP contribution in [0.3, 0.4) is 0 Å². The van der Waals surface area contributed by atoms with Crippen molar-refractivity contribution in [3.63, 3.8) is 0 Å². The van der Waals surface area contributed by atoms with Crippen LogP contribution in [0.2, 0.25) is 0 Å². The Labute approximate surface area is 155 Å². The van der Waals surface area contributed by atoms with E-state index in [1.165, 1.54) is 6.20 Å². The zero-order valence-electron chi connectivity index (χ0n) is 15.2. The van der Waals surface area contributed by atoms with Crippen LogP contribution in [0.15, 0.2) is 30.5 Å². The van der Waals surface area contributed by atoms with E-state index in [9.17, 15) is 18.4 Å². The average Bonchev–Trinajstić information content (AvgIpc) is 2.98. The predicted molar refractivity (Wildman–Crippen MR) is 96.0 cm³/mol. The summed E-state index contributed by atoms with van der Waals surface area (Å²) in [6, 6.07) is 6.79. The first kappa shape index (κ1) is 19.0. The van der Waals surface area contributed by atoms with Crippen LogP contribution < -0.4 is 10.1 Å². The molecule has 6 nitrogen and oxygen atoms in total. The van der Waals surface area contributed by atoms with Gasteiger partial charge in [0.2, 0.25) is 5.91 Å². The van der Waals surface area contributed by atoms with Crippen LogP contribution in [0, 0.1) is 0 Å². The van der Waals surface area contributed by atoms with Gasteiger partial charge in [-0.15, -0.1) is 0 Å². The fourth-order valence-corrected chi connectivity index (χ4v) is 2.98. The fourth-order valence-electron chi connectivity index (χ4n) is 2.98. The number of hydrogen-bond donors (Lipinski definition) is 1. The molecule has 1 saturated heterocycles. The number of carbonyl (C=O) groups excluding carboxylic acids is 2. The van der Waals surface area contributed by atoms with Crippen molar-refractivity contribution >= 4 is 22.7 Å². The molecule has 0 atom stereocenters. The summed E-state index contributed by atoms with van der Waals surface area (Å²) in [5.74, 6) is -3.24. The molecule has 1 aromatic carbocycles. The summed E-state index contributed by atoms with van der Waals surface area (Å²) < 4.78 is 32.1. The lowest BCUT2D eigenvalue weighted by atomic mass is 10.1. The van der Waals surface area contributed by atoms with Gasteiger partial charge in [-0.3, -0.25) is 14.6 Å². The predicted octanol–water partition coefficient (Wildman–Crippen LogP) is 2.62. The summed E-state index contributed by atoms with van der Waals surface area (Å²) in [6.45, 7) is 2.86. The number of benzene rings is 1. The third-order valence-corrected chi connectivity index (χ3v) is 4.25. The standard InChI is InChI=1S/C19H21F2N3O3/c1-12(2)27-13-3-4-16-15(9-13)14(5-7-22-16)18(26)23-10-17(25)24-8-6-19(20,21)11-24/h3-5,7,9,12H,6,8,10-11H2,1-2H3,(H,23,26). The molecule has 2 aromatic rings. The van der Waals surface area contributed by atoms with Crippen molar-refractivity contribution in [1.82, 2.24) is 15.2 Å². The number of fused-ring (bicyclic) bond motifs is 1. The average molecular weight is 377 g/mol. The molecule has 1 N–H and O–H groups in total. The molecule has 0 aliphatic carbocycles. The molecule has 0 bridgehead atoms. The van der Waals surface area contributed by atoms with Gasteiger partial charge in [0.1, 0.15) is 5.75 Å². The number of halogens is 2. The highest BCUT2D eigenvalue weighted by Crippen LogP contribution is 2.27. The SMILES string of the molecule is CC(C)Oc1ccc2nccc(C(=O)NCC(=O)N3CCC(F)(F)C3)c2c1. The molecule has 0 radical (unpaired) electrons. The minimum absolute atomic E-state index is 0.00417. The Kier molecular flexibility index (Phi) is 5.25. The number of alkyl halides is 2. The van der Waals surface area contributed by atoms with Gasteiger partial charge in [-0.1, -0.05) is 0 Å². The normalized spacial score (nSPS) is 16.0. The first-order valence-corrected chi connectivity index (χ1v) is 8.74. The first-order valence-electron chi connectivity index (χ1n) is 8.74. The monoisotopic (exact) mass is 377 g/mol. The number of ether oxygens (including phenoxy) is 1. The molecule has 144 valence electrons. The second-order valence-corrected chi connectivity index (χ2v) is 6.81. The molecule has 0 unspecified atom stereocenters. The summed E-state index contributed by atoms with van der Waals surface area (Å²) in [7, 11) is 0. The number of rotatable bonds is 5. The Morgan fingerprint density at radius 2 is 2.11 bits per heavy atom. The molecule has 27 heavy (non-hydrogen) atoms. The van der Waals surface area contributed by atoms with Crippen LogP contribution >= 0.6 is 0 Å². The van der Waals surface area contributed by atoms with Crippen molar-refractivity contribution in [3.05, 3.63) is 36.0 Å². The zero-order valence-corrected chi connectivity index (χ0v) is 15.2. The highest BCUT2D eigenvalue weighted by molar-refractivity contribution is 6.07. The van der Waals surface area contributed by atoms with Crippen molar-refractivity contribution in [3.8, 4) is 5.75 Å². The number of hydrogen-bond acceptors (Lipinski definition) is 4. The van der Waals surface area contributed by atoms with E-state index in [0.717, 1.165) is 4.90 Å². The third-order valence-electron chi connectivity index (χ3n) is 4.25. The topological polar surface area (TPSA) is 71.5 Å². The van der Waals surface area contributed by atoms with Crippen LogP contribution in [-0.4, -0.2) is 53.4 Å². The Bertz CT molecular complexity index is 870. The second-order valence-electron chi connectivity index (χ2n) is 6.81. The third kappa shape index (κ3) is 4.50. The summed E-state index contributed by atoms with van der Waals surface area (Å²) in [5.41, 5.74) is 0.957. The van der Waals surface area contributed by atoms with E-state index < -0.39 is 24.3 Å². The van der Waals surface area contributed by atoms with E-state index in [0.29, 0.717) is 22.2 Å². The largest absolute Gasteiger partial charge is 0.491 e. The van der Waals surface area contributed by atoms with E-state index in [1.54, 1.807) is 24.3 Å². The number of pyridine rings is 1. The van der Waals surface area contributed by atoms with Gasteiger partial charge in [-0.25, -0.2) is 8.78 Å². The minimum Gasteiger partial charge on any atom is -0.491 e. The number of aromatic nitrogens is 1. The number of nitrogens with zero attached hydrogens (tertiary/aromatic N) is 2. The van der Waals surface area contributed by atoms with Crippen molar-refractivity contribution in [2.75, 3.05) is 19.6 Å². The Balaban J connectivity index is 1.72. The van der Waals surface area contributed by atoms with Crippen LogP contribution in [0.1, 0.15) is 30.6 Å². The van der Waals surface area contributed by atoms with E-state index in [-0.39, 0.29) is 25.6 Å². The molecular weight excluding hydrogens is 356 g/mol. The number of likely N-dealkylation sites (tertiary alicyclic amines) is 1. The molecule has 0 spiro atoms. The molecule has 3 rings (SSSR count). The molecule has 2 amide bonds. The molecule has 1 aliphatic heterocycles. The van der Waals surface area contributed by atoms with Crippen LogP contribution in [0.4, 0.5) is 8.78 Å². The number of carbonyl (C=O) groups is 2. The van der Waals surface area contributed by atoms with Gasteiger partial charge in [-0.05, 0) is 38.1 Å². The van der Waals surface area contributed by atoms with E-state index in [4.69, 9.17) is 4.74 Å². The van der Waals surface area contributed by atoms with Crippen molar-refractivity contribution < 1.29 is 23.1 Å². The molecule has 1 aliphatic rings. The second kappa shape index (κ2) is 7.46. The molecule has 1 aromatic heterocycles. The van der Waals surface area contributed by atoms with Crippen LogP contribution in [0.5, 0.6) is 5.75 Å². The Morgan fingerprint density at radius 3 is 2.78 bits per heavy atom. The lowest BCUT2D eigenvalue weighted by Crippen LogP contribution is -2.40. The maximum absolute atomic E-state index is 13.2. The molecule has 8 heteroatoms. The van der Waals surface area contributed by atoms with Crippen LogP contribution in [0.25, 0.3) is 10.9 Å². The van der Waals surface area contributed by atoms with E-state index in [2.05, 4.69) is 10.3 Å². The quantitative estimate of drug-likeness (QED) is 0.870. The summed E-state index contributed by atoms with van der Waals surface area (Å²) >= 11 is 0. The Morgan fingerprint density at radius 1 is 1.33 bits per heavy atom.